The molecule has 0 spiro atoms. The van der Waals surface area contributed by atoms with Gasteiger partial charge in [-0.3, -0.25) is 9.58 Å². The van der Waals surface area contributed by atoms with Crippen LogP contribution in [0.2, 0.25) is 0 Å². The number of nitrogens with zero attached hydrogens (tertiary/aromatic N) is 3. The van der Waals surface area contributed by atoms with Crippen molar-refractivity contribution < 1.29 is 14.2 Å². The van der Waals surface area contributed by atoms with Gasteiger partial charge in [0.2, 0.25) is 0 Å². The summed E-state index contributed by atoms with van der Waals surface area (Å²) in [6, 6.07) is 6.43. The van der Waals surface area contributed by atoms with Gasteiger partial charge in [-0.05, 0) is 46.6 Å². The minimum Gasteiger partial charge on any atom is -0.493 e. The van der Waals surface area contributed by atoms with Gasteiger partial charge in [-0.15, -0.1) is 0 Å². The van der Waals surface area contributed by atoms with Gasteiger partial charge in [-0.1, -0.05) is 12.1 Å². The minimum atomic E-state index is 0.285. The van der Waals surface area contributed by atoms with E-state index in [1.165, 1.54) is 11.3 Å². The van der Waals surface area contributed by atoms with E-state index in [0.29, 0.717) is 6.04 Å². The smallest absolute Gasteiger partial charge is 0.165 e. The fraction of sp³-hybridized carbons (Fsp3) is 0.609. The van der Waals surface area contributed by atoms with Gasteiger partial charge in [0.05, 0.1) is 26.0 Å². The van der Waals surface area contributed by atoms with E-state index >= 15 is 0 Å². The van der Waals surface area contributed by atoms with E-state index in [4.69, 9.17) is 19.3 Å². The first-order chi connectivity index (χ1) is 13.9. The number of hydrogen-bond acceptors (Lipinski definition) is 5. The van der Waals surface area contributed by atoms with Crippen molar-refractivity contribution in [3.63, 3.8) is 0 Å². The Balaban J connectivity index is 1.88. The number of hydrogen-bond donors (Lipinski definition) is 0. The molecule has 6 nitrogen and oxygen atoms in total. The number of para-hydroxylation sites is 1. The van der Waals surface area contributed by atoms with Crippen LogP contribution in [0.25, 0.3) is 0 Å². The second-order valence-corrected chi connectivity index (χ2v) is 8.14. The Morgan fingerprint density at radius 2 is 2.00 bits per heavy atom. The summed E-state index contributed by atoms with van der Waals surface area (Å²) < 4.78 is 19.2. The van der Waals surface area contributed by atoms with Crippen molar-refractivity contribution in [2.45, 2.75) is 65.8 Å². The lowest BCUT2D eigenvalue weighted by Gasteiger charge is -2.26. The van der Waals surface area contributed by atoms with Crippen LogP contribution in [0.4, 0.5) is 0 Å². The summed E-state index contributed by atoms with van der Waals surface area (Å²) in [4.78, 5) is 2.45. The van der Waals surface area contributed by atoms with Crippen molar-refractivity contribution in [2.24, 2.45) is 0 Å². The van der Waals surface area contributed by atoms with Crippen molar-refractivity contribution in [2.75, 3.05) is 27.4 Å². The van der Waals surface area contributed by atoms with Crippen LogP contribution in [-0.4, -0.2) is 48.2 Å². The van der Waals surface area contributed by atoms with Crippen molar-refractivity contribution in [3.8, 4) is 11.5 Å². The van der Waals surface area contributed by atoms with Gasteiger partial charge in [-0.25, -0.2) is 0 Å². The number of ether oxygens (including phenoxy) is 3. The van der Waals surface area contributed by atoms with Crippen LogP contribution >= 0.6 is 0 Å². The summed E-state index contributed by atoms with van der Waals surface area (Å²) in [6.45, 7) is 12.0. The highest BCUT2D eigenvalue weighted by Crippen LogP contribution is 2.32. The molecule has 0 amide bonds. The molecule has 1 fully saturated rings. The number of aryl methyl sites for hydroxylation is 1. The second kappa shape index (κ2) is 9.63. The molecule has 160 valence electrons. The molecular weight excluding hydrogens is 366 g/mol. The van der Waals surface area contributed by atoms with Crippen LogP contribution in [0.3, 0.4) is 0 Å². The lowest BCUT2D eigenvalue weighted by Crippen LogP contribution is -2.32. The Labute approximate surface area is 174 Å². The number of methoxy groups -OCH3 is 2. The molecule has 1 saturated heterocycles. The Kier molecular flexibility index (Phi) is 7.19. The van der Waals surface area contributed by atoms with E-state index in [1.54, 1.807) is 14.2 Å². The molecule has 2 heterocycles. The molecule has 0 N–H and O–H groups in total. The zero-order valence-corrected chi connectivity index (χ0v) is 18.7. The molecule has 0 unspecified atom stereocenters. The summed E-state index contributed by atoms with van der Waals surface area (Å²) >= 11 is 0. The number of aromatic nitrogens is 2. The Morgan fingerprint density at radius 1 is 1.21 bits per heavy atom. The third-order valence-electron chi connectivity index (χ3n) is 5.71. The third-order valence-corrected chi connectivity index (χ3v) is 5.71. The molecule has 1 aliphatic heterocycles. The Morgan fingerprint density at radius 3 is 2.59 bits per heavy atom. The zero-order valence-electron chi connectivity index (χ0n) is 18.7. The highest BCUT2D eigenvalue weighted by atomic mass is 16.5. The lowest BCUT2D eigenvalue weighted by molar-refractivity contribution is 0.0674. The maximum Gasteiger partial charge on any atom is 0.165 e. The van der Waals surface area contributed by atoms with Gasteiger partial charge in [0.1, 0.15) is 0 Å². The fourth-order valence-corrected chi connectivity index (χ4v) is 4.23. The number of benzene rings is 1. The monoisotopic (exact) mass is 401 g/mol. The van der Waals surface area contributed by atoms with E-state index in [2.05, 4.69) is 43.3 Å². The zero-order chi connectivity index (χ0) is 21.0. The molecule has 0 bridgehead atoms. The molecule has 2 aromatic rings. The number of rotatable bonds is 9. The first kappa shape index (κ1) is 21.7. The topological polar surface area (TPSA) is 48.8 Å². The molecule has 1 aromatic carbocycles. The lowest BCUT2D eigenvalue weighted by atomic mass is 10.1. The normalized spacial score (nSPS) is 16.8. The molecule has 29 heavy (non-hydrogen) atoms. The standard InChI is InChI=1S/C23H35N3O3/c1-16(2)26-18(4)21(17(3)24-26)15-25(14-20-10-8-12-29-20)13-19-9-7-11-22(27-5)23(19)28-6/h7,9,11,16,20H,8,10,12-15H2,1-6H3/t20-/m0/s1. The molecule has 1 atom stereocenters. The second-order valence-electron chi connectivity index (χ2n) is 8.14. The summed E-state index contributed by atoms with van der Waals surface area (Å²) in [5.74, 6) is 1.57. The highest BCUT2D eigenvalue weighted by molar-refractivity contribution is 5.46. The maximum absolute atomic E-state index is 5.95. The summed E-state index contributed by atoms with van der Waals surface area (Å²) in [7, 11) is 3.38. The van der Waals surface area contributed by atoms with Crippen LogP contribution < -0.4 is 9.47 Å². The summed E-state index contributed by atoms with van der Waals surface area (Å²) in [5, 5.41) is 4.78. The van der Waals surface area contributed by atoms with Gasteiger partial charge in [0, 0.05) is 49.1 Å². The third kappa shape index (κ3) is 4.93. The summed E-state index contributed by atoms with van der Waals surface area (Å²) in [5.41, 5.74) is 4.77. The van der Waals surface area contributed by atoms with Crippen LogP contribution in [0, 0.1) is 13.8 Å². The van der Waals surface area contributed by atoms with E-state index in [9.17, 15) is 0 Å². The van der Waals surface area contributed by atoms with E-state index < -0.39 is 0 Å². The molecule has 3 rings (SSSR count). The molecule has 1 aromatic heterocycles. The summed E-state index contributed by atoms with van der Waals surface area (Å²) in [6.07, 6.45) is 2.55. The quantitative estimate of drug-likeness (QED) is 0.628. The van der Waals surface area contributed by atoms with Gasteiger partial charge in [-0.2, -0.15) is 5.10 Å². The molecule has 0 aliphatic carbocycles. The largest absolute Gasteiger partial charge is 0.493 e. The van der Waals surface area contributed by atoms with Gasteiger partial charge in [0.15, 0.2) is 11.5 Å². The average Bonchev–Trinajstić information content (AvgIpc) is 3.31. The predicted octanol–water partition coefficient (Wildman–Crippen LogP) is 4.28. The predicted molar refractivity (Wildman–Crippen MR) is 115 cm³/mol. The highest BCUT2D eigenvalue weighted by Gasteiger charge is 2.23. The minimum absolute atomic E-state index is 0.285. The van der Waals surface area contributed by atoms with Crippen molar-refractivity contribution in [1.29, 1.82) is 0 Å². The first-order valence-corrected chi connectivity index (χ1v) is 10.5. The van der Waals surface area contributed by atoms with E-state index in [-0.39, 0.29) is 6.10 Å². The van der Waals surface area contributed by atoms with Crippen molar-refractivity contribution in [3.05, 3.63) is 40.7 Å². The SMILES string of the molecule is COc1cccc(CN(Cc2c(C)nn(C(C)C)c2C)C[C@@H]2CCCO2)c1OC. The fourth-order valence-electron chi connectivity index (χ4n) is 4.23. The molecule has 6 heteroatoms. The van der Waals surface area contributed by atoms with Crippen LogP contribution in [-0.2, 0) is 17.8 Å². The first-order valence-electron chi connectivity index (χ1n) is 10.5. The van der Waals surface area contributed by atoms with Crippen LogP contribution in [0.1, 0.15) is 55.2 Å². The van der Waals surface area contributed by atoms with E-state index in [0.717, 1.165) is 61.8 Å². The van der Waals surface area contributed by atoms with Crippen LogP contribution in [0.5, 0.6) is 11.5 Å². The average molecular weight is 402 g/mol. The van der Waals surface area contributed by atoms with Gasteiger partial charge in [0.25, 0.3) is 0 Å². The Bertz CT molecular complexity index is 810. The van der Waals surface area contributed by atoms with Gasteiger partial charge >= 0.3 is 0 Å². The van der Waals surface area contributed by atoms with Crippen molar-refractivity contribution in [1.82, 2.24) is 14.7 Å². The molecule has 0 radical (unpaired) electrons. The maximum atomic E-state index is 5.95. The molecular formula is C23H35N3O3. The molecule has 1 aliphatic rings. The Hall–Kier alpha value is -2.05. The van der Waals surface area contributed by atoms with Crippen molar-refractivity contribution >= 4 is 0 Å². The van der Waals surface area contributed by atoms with Crippen LogP contribution in [0.15, 0.2) is 18.2 Å². The molecule has 0 saturated carbocycles. The van der Waals surface area contributed by atoms with E-state index in [1.807, 2.05) is 12.1 Å². The van der Waals surface area contributed by atoms with Gasteiger partial charge < -0.3 is 14.2 Å².